The largest absolute Gasteiger partial charge is 0.337 e. The van der Waals surface area contributed by atoms with Crippen LogP contribution in [0.3, 0.4) is 0 Å². The number of nitrogens with one attached hydrogen (secondary N) is 2. The Morgan fingerprint density at radius 3 is 2.56 bits per heavy atom. The minimum absolute atomic E-state index is 0.0462. The molecule has 25 heavy (non-hydrogen) atoms. The summed E-state index contributed by atoms with van der Waals surface area (Å²) >= 11 is 6.26. The molecule has 128 valence electrons. The lowest BCUT2D eigenvalue weighted by molar-refractivity contribution is 0.586. The summed E-state index contributed by atoms with van der Waals surface area (Å²) in [4.78, 5) is 4.22. The van der Waals surface area contributed by atoms with Crippen LogP contribution in [0.5, 0.6) is 0 Å². The minimum atomic E-state index is -0.751. The van der Waals surface area contributed by atoms with Crippen molar-refractivity contribution >= 4 is 34.7 Å². The molecule has 3 rings (SSSR count). The summed E-state index contributed by atoms with van der Waals surface area (Å²) in [6, 6.07) is 6.98. The standard InChI is InChI=1S/C17H14ClF2N5/c1-9-5-10(2)16(12(18)6-9)23-15-8-21-25-17(24-15)22-14-4-3-11(19)7-13(14)20/h3-8H,1-2H3,(H2,22,23,24,25). The lowest BCUT2D eigenvalue weighted by Crippen LogP contribution is -2.04. The Bertz CT molecular complexity index is 910. The Balaban J connectivity index is 1.85. The molecular formula is C17H14ClF2N5. The van der Waals surface area contributed by atoms with Crippen molar-refractivity contribution in [3.05, 3.63) is 64.3 Å². The van der Waals surface area contributed by atoms with Crippen LogP contribution in [0.1, 0.15) is 11.1 Å². The SMILES string of the molecule is Cc1cc(C)c(Nc2cnnc(Nc3ccc(F)cc3F)n2)c(Cl)c1. The number of anilines is 4. The van der Waals surface area contributed by atoms with Gasteiger partial charge in [-0.1, -0.05) is 17.7 Å². The predicted octanol–water partition coefficient (Wildman–Crippen LogP) is 4.91. The molecule has 0 unspecified atom stereocenters. The van der Waals surface area contributed by atoms with Crippen molar-refractivity contribution in [3.63, 3.8) is 0 Å². The molecule has 0 saturated heterocycles. The van der Waals surface area contributed by atoms with E-state index in [1.165, 1.54) is 12.3 Å². The molecular weight excluding hydrogens is 348 g/mol. The number of hydrogen-bond donors (Lipinski definition) is 2. The van der Waals surface area contributed by atoms with E-state index in [9.17, 15) is 8.78 Å². The van der Waals surface area contributed by atoms with Gasteiger partial charge in [0.05, 0.1) is 22.6 Å². The van der Waals surface area contributed by atoms with Crippen LogP contribution in [0, 0.1) is 25.5 Å². The Morgan fingerprint density at radius 2 is 1.84 bits per heavy atom. The molecule has 2 N–H and O–H groups in total. The molecule has 0 bridgehead atoms. The van der Waals surface area contributed by atoms with Crippen LogP contribution in [-0.2, 0) is 0 Å². The van der Waals surface area contributed by atoms with Crippen molar-refractivity contribution in [1.82, 2.24) is 15.2 Å². The van der Waals surface area contributed by atoms with E-state index in [0.717, 1.165) is 23.3 Å². The van der Waals surface area contributed by atoms with Crippen molar-refractivity contribution in [2.45, 2.75) is 13.8 Å². The van der Waals surface area contributed by atoms with E-state index in [1.807, 2.05) is 26.0 Å². The van der Waals surface area contributed by atoms with Gasteiger partial charge in [0, 0.05) is 6.07 Å². The summed E-state index contributed by atoms with van der Waals surface area (Å²) in [5.41, 5.74) is 2.74. The van der Waals surface area contributed by atoms with Gasteiger partial charge in [-0.2, -0.15) is 10.1 Å². The molecule has 0 radical (unpaired) electrons. The molecule has 0 amide bonds. The summed E-state index contributed by atoms with van der Waals surface area (Å²) in [7, 11) is 0. The normalized spacial score (nSPS) is 10.6. The highest BCUT2D eigenvalue weighted by atomic mass is 35.5. The fourth-order valence-corrected chi connectivity index (χ4v) is 2.70. The van der Waals surface area contributed by atoms with E-state index in [0.29, 0.717) is 16.5 Å². The van der Waals surface area contributed by atoms with Crippen molar-refractivity contribution < 1.29 is 8.78 Å². The smallest absolute Gasteiger partial charge is 0.249 e. The van der Waals surface area contributed by atoms with Crippen LogP contribution in [0.15, 0.2) is 36.5 Å². The number of aryl methyl sites for hydroxylation is 2. The molecule has 0 aliphatic carbocycles. The second-order valence-corrected chi connectivity index (χ2v) is 5.89. The first kappa shape index (κ1) is 17.0. The second-order valence-electron chi connectivity index (χ2n) is 5.48. The Morgan fingerprint density at radius 1 is 1.04 bits per heavy atom. The molecule has 0 aliphatic heterocycles. The average Bonchev–Trinajstić information content (AvgIpc) is 2.54. The Labute approximate surface area is 148 Å². The lowest BCUT2D eigenvalue weighted by Gasteiger charge is -2.12. The molecule has 3 aromatic rings. The molecule has 0 saturated carbocycles. The van der Waals surface area contributed by atoms with Crippen LogP contribution < -0.4 is 10.6 Å². The fraction of sp³-hybridized carbons (Fsp3) is 0.118. The zero-order valence-corrected chi connectivity index (χ0v) is 14.2. The topological polar surface area (TPSA) is 62.7 Å². The van der Waals surface area contributed by atoms with Crippen molar-refractivity contribution in [2.75, 3.05) is 10.6 Å². The third-order valence-corrected chi connectivity index (χ3v) is 3.72. The maximum atomic E-state index is 13.7. The van der Waals surface area contributed by atoms with Crippen molar-refractivity contribution in [1.29, 1.82) is 0 Å². The molecule has 8 heteroatoms. The number of hydrogen-bond acceptors (Lipinski definition) is 5. The first-order valence-electron chi connectivity index (χ1n) is 7.38. The molecule has 1 heterocycles. The van der Waals surface area contributed by atoms with Gasteiger partial charge in [0.15, 0.2) is 5.82 Å². The van der Waals surface area contributed by atoms with Crippen molar-refractivity contribution in [3.8, 4) is 0 Å². The molecule has 0 spiro atoms. The molecule has 0 fully saturated rings. The van der Waals surface area contributed by atoms with E-state index in [2.05, 4.69) is 25.8 Å². The number of halogens is 3. The van der Waals surface area contributed by atoms with E-state index in [4.69, 9.17) is 11.6 Å². The fourth-order valence-electron chi connectivity index (χ4n) is 2.33. The van der Waals surface area contributed by atoms with E-state index >= 15 is 0 Å². The van der Waals surface area contributed by atoms with Gasteiger partial charge in [0.25, 0.3) is 0 Å². The Kier molecular flexibility index (Phi) is 4.76. The summed E-state index contributed by atoms with van der Waals surface area (Å²) in [6.45, 7) is 3.87. The second kappa shape index (κ2) is 6.98. The van der Waals surface area contributed by atoms with Crippen LogP contribution in [0.2, 0.25) is 5.02 Å². The monoisotopic (exact) mass is 361 g/mol. The number of nitrogens with zero attached hydrogens (tertiary/aromatic N) is 3. The highest BCUT2D eigenvalue weighted by Crippen LogP contribution is 2.29. The lowest BCUT2D eigenvalue weighted by atomic mass is 10.1. The maximum Gasteiger partial charge on any atom is 0.249 e. The van der Waals surface area contributed by atoms with E-state index in [-0.39, 0.29) is 11.6 Å². The Hall–Kier alpha value is -2.80. The first-order valence-corrected chi connectivity index (χ1v) is 7.76. The zero-order valence-electron chi connectivity index (χ0n) is 13.4. The molecule has 5 nitrogen and oxygen atoms in total. The van der Waals surface area contributed by atoms with Crippen LogP contribution >= 0.6 is 11.6 Å². The van der Waals surface area contributed by atoms with Gasteiger partial charge < -0.3 is 10.6 Å². The van der Waals surface area contributed by atoms with E-state index < -0.39 is 11.6 Å². The predicted molar refractivity (Wildman–Crippen MR) is 93.7 cm³/mol. The number of rotatable bonds is 4. The van der Waals surface area contributed by atoms with Gasteiger partial charge >= 0.3 is 0 Å². The first-order chi connectivity index (χ1) is 11.9. The quantitative estimate of drug-likeness (QED) is 0.691. The van der Waals surface area contributed by atoms with E-state index in [1.54, 1.807) is 0 Å². The number of aromatic nitrogens is 3. The van der Waals surface area contributed by atoms with Gasteiger partial charge in [0.1, 0.15) is 11.6 Å². The third-order valence-electron chi connectivity index (χ3n) is 3.42. The minimum Gasteiger partial charge on any atom is -0.337 e. The van der Waals surface area contributed by atoms with Gasteiger partial charge in [-0.3, -0.25) is 0 Å². The highest BCUT2D eigenvalue weighted by molar-refractivity contribution is 6.33. The van der Waals surface area contributed by atoms with Crippen LogP contribution in [-0.4, -0.2) is 15.2 Å². The summed E-state index contributed by atoms with van der Waals surface area (Å²) in [6.07, 6.45) is 1.42. The highest BCUT2D eigenvalue weighted by Gasteiger charge is 2.10. The van der Waals surface area contributed by atoms with Gasteiger partial charge in [0.2, 0.25) is 5.95 Å². The summed E-state index contributed by atoms with van der Waals surface area (Å²) in [5, 5.41) is 13.9. The van der Waals surface area contributed by atoms with Gasteiger partial charge in [-0.25, -0.2) is 8.78 Å². The number of benzene rings is 2. The third kappa shape index (κ3) is 4.00. The van der Waals surface area contributed by atoms with Gasteiger partial charge in [-0.15, -0.1) is 5.10 Å². The zero-order chi connectivity index (χ0) is 18.0. The maximum absolute atomic E-state index is 13.7. The van der Waals surface area contributed by atoms with Gasteiger partial charge in [-0.05, 0) is 43.2 Å². The molecule has 0 atom stereocenters. The molecule has 2 aromatic carbocycles. The molecule has 1 aromatic heterocycles. The summed E-state index contributed by atoms with van der Waals surface area (Å²) < 4.78 is 26.7. The van der Waals surface area contributed by atoms with Crippen molar-refractivity contribution in [2.24, 2.45) is 0 Å². The average molecular weight is 362 g/mol. The molecule has 0 aliphatic rings. The summed E-state index contributed by atoms with van der Waals surface area (Å²) in [5.74, 6) is -0.966. The van der Waals surface area contributed by atoms with Crippen LogP contribution in [0.25, 0.3) is 0 Å². The van der Waals surface area contributed by atoms with Crippen LogP contribution in [0.4, 0.5) is 31.9 Å².